The van der Waals surface area contributed by atoms with E-state index in [1.54, 1.807) is 13.8 Å². The highest BCUT2D eigenvalue weighted by molar-refractivity contribution is 7.91. The van der Waals surface area contributed by atoms with E-state index < -0.39 is 9.84 Å². The molecule has 1 rings (SSSR count). The zero-order chi connectivity index (χ0) is 15.0. The Morgan fingerprint density at radius 3 is 2.05 bits per heavy atom. The quantitative estimate of drug-likeness (QED) is 0.636. The molecule has 0 radical (unpaired) electrons. The van der Waals surface area contributed by atoms with Crippen LogP contribution in [0.25, 0.3) is 0 Å². The lowest BCUT2D eigenvalue weighted by Gasteiger charge is -2.07. The van der Waals surface area contributed by atoms with E-state index >= 15 is 0 Å². The lowest BCUT2D eigenvalue weighted by molar-refractivity contribution is 0.577. The fourth-order valence-corrected chi connectivity index (χ4v) is 3.23. The second-order valence-corrected chi connectivity index (χ2v) is 8.60. The molecule has 0 saturated carbocycles. The van der Waals surface area contributed by atoms with Crippen molar-refractivity contribution >= 4 is 9.84 Å². The van der Waals surface area contributed by atoms with E-state index in [1.165, 1.54) is 24.0 Å². The molecule has 20 heavy (non-hydrogen) atoms. The summed E-state index contributed by atoms with van der Waals surface area (Å²) in [4.78, 5) is 0. The SMILES string of the molecule is Cc1ccc(CCCCCCCS(=O)(=O)C(C)C)cc1. The molecule has 0 spiro atoms. The third kappa shape index (κ3) is 6.56. The molecule has 114 valence electrons. The summed E-state index contributed by atoms with van der Waals surface area (Å²) in [6, 6.07) is 8.72. The van der Waals surface area contributed by atoms with Crippen LogP contribution in [-0.4, -0.2) is 19.4 Å². The van der Waals surface area contributed by atoms with Crippen LogP contribution < -0.4 is 0 Å². The predicted molar refractivity (Wildman–Crippen MR) is 86.9 cm³/mol. The Labute approximate surface area is 124 Å². The van der Waals surface area contributed by atoms with Crippen molar-refractivity contribution in [1.29, 1.82) is 0 Å². The topological polar surface area (TPSA) is 34.1 Å². The molecule has 0 aliphatic heterocycles. The van der Waals surface area contributed by atoms with Crippen LogP contribution in [0.4, 0.5) is 0 Å². The maximum absolute atomic E-state index is 11.6. The normalized spacial score (nSPS) is 12.0. The first-order valence-corrected chi connectivity index (χ1v) is 9.40. The third-order valence-corrected chi connectivity index (χ3v) is 6.03. The van der Waals surface area contributed by atoms with E-state index in [9.17, 15) is 8.42 Å². The fraction of sp³-hybridized carbons (Fsp3) is 0.647. The van der Waals surface area contributed by atoms with Crippen LogP contribution in [0.2, 0.25) is 0 Å². The van der Waals surface area contributed by atoms with Gasteiger partial charge in [0.15, 0.2) is 9.84 Å². The van der Waals surface area contributed by atoms with Gasteiger partial charge in [0, 0.05) is 0 Å². The average Bonchev–Trinajstić information content (AvgIpc) is 2.39. The first-order chi connectivity index (χ1) is 9.42. The van der Waals surface area contributed by atoms with E-state index in [0.29, 0.717) is 5.75 Å². The van der Waals surface area contributed by atoms with Gasteiger partial charge < -0.3 is 0 Å². The van der Waals surface area contributed by atoms with Gasteiger partial charge >= 0.3 is 0 Å². The Morgan fingerprint density at radius 1 is 0.900 bits per heavy atom. The van der Waals surface area contributed by atoms with Crippen molar-refractivity contribution in [2.45, 2.75) is 64.5 Å². The van der Waals surface area contributed by atoms with Gasteiger partial charge in [-0.05, 0) is 45.6 Å². The standard InChI is InChI=1S/C17H28O2S/c1-15(2)20(18,19)14-8-6-4-5-7-9-17-12-10-16(3)11-13-17/h10-13,15H,4-9,14H2,1-3H3. The van der Waals surface area contributed by atoms with Gasteiger partial charge in [-0.2, -0.15) is 0 Å². The lowest BCUT2D eigenvalue weighted by Crippen LogP contribution is -2.17. The number of unbranched alkanes of at least 4 members (excludes halogenated alkanes) is 4. The van der Waals surface area contributed by atoms with Crippen LogP contribution in [0.3, 0.4) is 0 Å². The highest BCUT2D eigenvalue weighted by Gasteiger charge is 2.14. The predicted octanol–water partition coefficient (Wildman–Crippen LogP) is 4.31. The van der Waals surface area contributed by atoms with Crippen molar-refractivity contribution in [3.8, 4) is 0 Å². The summed E-state index contributed by atoms with van der Waals surface area (Å²) in [7, 11) is -2.84. The molecule has 2 nitrogen and oxygen atoms in total. The molecular weight excluding hydrogens is 268 g/mol. The van der Waals surface area contributed by atoms with Crippen LogP contribution in [0, 0.1) is 6.92 Å². The molecule has 0 fully saturated rings. The van der Waals surface area contributed by atoms with Crippen molar-refractivity contribution in [2.75, 3.05) is 5.75 Å². The van der Waals surface area contributed by atoms with Crippen LogP contribution in [0.15, 0.2) is 24.3 Å². The molecule has 0 saturated heterocycles. The summed E-state index contributed by atoms with van der Waals surface area (Å²) in [5.74, 6) is 0.350. The second-order valence-electron chi connectivity index (χ2n) is 5.92. The minimum atomic E-state index is -2.84. The largest absolute Gasteiger partial charge is 0.229 e. The maximum Gasteiger partial charge on any atom is 0.152 e. The minimum Gasteiger partial charge on any atom is -0.229 e. The van der Waals surface area contributed by atoms with E-state index in [4.69, 9.17) is 0 Å². The Kier molecular flexibility index (Phi) is 7.28. The number of hydrogen-bond donors (Lipinski definition) is 0. The first kappa shape index (κ1) is 17.2. The first-order valence-electron chi connectivity index (χ1n) is 7.69. The number of hydrogen-bond acceptors (Lipinski definition) is 2. The van der Waals surface area contributed by atoms with Crippen LogP contribution in [-0.2, 0) is 16.3 Å². The van der Waals surface area contributed by atoms with Gasteiger partial charge in [0.2, 0.25) is 0 Å². The van der Waals surface area contributed by atoms with Crippen molar-refractivity contribution in [2.24, 2.45) is 0 Å². The van der Waals surface area contributed by atoms with Gasteiger partial charge in [-0.3, -0.25) is 0 Å². The molecule has 0 aliphatic carbocycles. The molecule has 0 N–H and O–H groups in total. The van der Waals surface area contributed by atoms with E-state index in [1.807, 2.05) is 0 Å². The molecule has 3 heteroatoms. The van der Waals surface area contributed by atoms with Crippen molar-refractivity contribution in [3.63, 3.8) is 0 Å². The van der Waals surface area contributed by atoms with E-state index in [0.717, 1.165) is 25.7 Å². The minimum absolute atomic E-state index is 0.232. The number of aryl methyl sites for hydroxylation is 2. The van der Waals surface area contributed by atoms with Crippen LogP contribution >= 0.6 is 0 Å². The molecule has 0 aromatic heterocycles. The van der Waals surface area contributed by atoms with Gasteiger partial charge in [0.1, 0.15) is 0 Å². The fourth-order valence-electron chi connectivity index (χ4n) is 2.15. The van der Waals surface area contributed by atoms with Crippen LogP contribution in [0.5, 0.6) is 0 Å². The van der Waals surface area contributed by atoms with Gasteiger partial charge in [0.05, 0.1) is 11.0 Å². The van der Waals surface area contributed by atoms with Gasteiger partial charge in [-0.15, -0.1) is 0 Å². The second kappa shape index (κ2) is 8.46. The summed E-state index contributed by atoms with van der Waals surface area (Å²) in [6.45, 7) is 5.63. The van der Waals surface area contributed by atoms with Crippen molar-refractivity contribution in [3.05, 3.63) is 35.4 Å². The maximum atomic E-state index is 11.6. The smallest absolute Gasteiger partial charge is 0.152 e. The molecule has 1 aromatic carbocycles. The van der Waals surface area contributed by atoms with Crippen molar-refractivity contribution in [1.82, 2.24) is 0 Å². The molecule has 0 atom stereocenters. The lowest BCUT2D eigenvalue weighted by atomic mass is 10.0. The van der Waals surface area contributed by atoms with Crippen LogP contribution in [0.1, 0.15) is 57.1 Å². The molecule has 1 aromatic rings. The summed E-state index contributed by atoms with van der Waals surface area (Å²) >= 11 is 0. The molecule has 0 aliphatic rings. The molecule has 0 heterocycles. The van der Waals surface area contributed by atoms with E-state index in [2.05, 4.69) is 31.2 Å². The molecule has 0 amide bonds. The number of benzene rings is 1. The Balaban J connectivity index is 2.07. The summed E-state index contributed by atoms with van der Waals surface area (Å²) < 4.78 is 23.3. The molecular formula is C17H28O2S. The average molecular weight is 296 g/mol. The van der Waals surface area contributed by atoms with Gasteiger partial charge in [-0.1, -0.05) is 49.1 Å². The summed E-state index contributed by atoms with van der Waals surface area (Å²) in [6.07, 6.45) is 6.49. The van der Waals surface area contributed by atoms with E-state index in [-0.39, 0.29) is 5.25 Å². The Hall–Kier alpha value is -0.830. The summed E-state index contributed by atoms with van der Waals surface area (Å²) in [5, 5.41) is -0.232. The van der Waals surface area contributed by atoms with Gasteiger partial charge in [-0.25, -0.2) is 8.42 Å². The monoisotopic (exact) mass is 296 g/mol. The zero-order valence-electron chi connectivity index (χ0n) is 13.1. The zero-order valence-corrected chi connectivity index (χ0v) is 13.9. The number of rotatable bonds is 9. The highest BCUT2D eigenvalue weighted by Crippen LogP contribution is 2.11. The van der Waals surface area contributed by atoms with Crippen molar-refractivity contribution < 1.29 is 8.42 Å². The Morgan fingerprint density at radius 2 is 1.45 bits per heavy atom. The highest BCUT2D eigenvalue weighted by atomic mass is 32.2. The number of sulfone groups is 1. The molecule has 0 unspecified atom stereocenters. The van der Waals surface area contributed by atoms with Gasteiger partial charge in [0.25, 0.3) is 0 Å². The third-order valence-electron chi connectivity index (χ3n) is 3.73. The summed E-state index contributed by atoms with van der Waals surface area (Å²) in [5.41, 5.74) is 2.71. The Bertz CT molecular complexity index is 472. The molecule has 0 bridgehead atoms.